The number of rotatable bonds is 11. The molecule has 0 aromatic heterocycles. The summed E-state index contributed by atoms with van der Waals surface area (Å²) in [6.45, 7) is 18.8. The molecule has 1 aliphatic heterocycles. The van der Waals surface area contributed by atoms with Crippen molar-refractivity contribution in [1.82, 2.24) is 5.32 Å². The summed E-state index contributed by atoms with van der Waals surface area (Å²) in [7, 11) is 0. The van der Waals surface area contributed by atoms with Crippen LogP contribution in [-0.4, -0.2) is 37.1 Å². The van der Waals surface area contributed by atoms with E-state index >= 15 is 0 Å². The van der Waals surface area contributed by atoms with Crippen LogP contribution in [0.25, 0.3) is 0 Å². The fraction of sp³-hybridized carbons (Fsp3) is 0.267. The Kier molecular flexibility index (Phi) is 22.3. The number of carbonyl (C=O) groups excluding carboxylic acids is 1. The summed E-state index contributed by atoms with van der Waals surface area (Å²) in [5.74, 6) is 58.6. The molecule has 50 heavy (non-hydrogen) atoms. The number of nitrogens with one attached hydrogen (secondary N) is 1. The molecule has 1 fully saturated rings. The lowest BCUT2D eigenvalue weighted by Gasteiger charge is -2.44. The van der Waals surface area contributed by atoms with Gasteiger partial charge in [-0.3, -0.25) is 4.79 Å². The van der Waals surface area contributed by atoms with Gasteiger partial charge in [-0.2, -0.15) is 0 Å². The van der Waals surface area contributed by atoms with Crippen LogP contribution >= 0.6 is 0 Å². The molecule has 1 heterocycles. The fourth-order valence-electron chi connectivity index (χ4n) is 4.16. The quantitative estimate of drug-likeness (QED) is 0.172. The smallest absolute Gasteiger partial charge is 0.297 e. The Morgan fingerprint density at radius 1 is 0.720 bits per heavy atom. The van der Waals surface area contributed by atoms with E-state index in [-0.39, 0.29) is 71.1 Å². The second kappa shape index (κ2) is 27.1. The zero-order chi connectivity index (χ0) is 36.7. The van der Waals surface area contributed by atoms with E-state index in [4.69, 9.17) is 9.47 Å². The third kappa shape index (κ3) is 17.1. The molecule has 0 saturated carbocycles. The number of amides is 1. The molecule has 2 unspecified atom stereocenters. The van der Waals surface area contributed by atoms with Crippen LogP contribution in [0.2, 0.25) is 0 Å². The first kappa shape index (κ1) is 41.0. The average Bonchev–Trinajstić information content (AvgIpc) is 3.12. The van der Waals surface area contributed by atoms with Crippen molar-refractivity contribution < 1.29 is 52.9 Å². The molecule has 4 nitrogen and oxygen atoms in total. The van der Waals surface area contributed by atoms with Gasteiger partial charge in [0.1, 0.15) is 6.17 Å². The molecule has 1 rings (SSSR count). The summed E-state index contributed by atoms with van der Waals surface area (Å²) in [6, 6.07) is -0.967. The highest BCUT2D eigenvalue weighted by molar-refractivity contribution is 5.94. The molecule has 5 heteroatoms. The van der Waals surface area contributed by atoms with Crippen molar-refractivity contribution in [3.05, 3.63) is 50.6 Å². The van der Waals surface area contributed by atoms with Crippen LogP contribution in [0.1, 0.15) is 60.9 Å². The van der Waals surface area contributed by atoms with Gasteiger partial charge in [0.2, 0.25) is 0 Å². The van der Waals surface area contributed by atoms with E-state index in [0.717, 1.165) is 0 Å². The van der Waals surface area contributed by atoms with Gasteiger partial charge in [0, 0.05) is 87.5 Å². The van der Waals surface area contributed by atoms with Crippen molar-refractivity contribution >= 4 is 5.91 Å². The van der Waals surface area contributed by atoms with Crippen molar-refractivity contribution in [1.29, 1.82) is 0 Å². The third-order valence-electron chi connectivity index (χ3n) is 6.35. The van der Waals surface area contributed by atoms with Crippen LogP contribution in [-0.2, 0) is 14.3 Å². The predicted octanol–water partition coefficient (Wildman–Crippen LogP) is 9.91. The molecular weight excluding hydrogens is 621 g/mol. The highest BCUT2D eigenvalue weighted by Gasteiger charge is 2.42. The second-order valence-corrected chi connectivity index (χ2v) is 9.47. The molecule has 1 saturated heterocycles. The number of hydrogen-bond donors (Lipinski definition) is 1. The third-order valence-corrected chi connectivity index (χ3v) is 6.35. The van der Waals surface area contributed by atoms with Gasteiger partial charge < -0.3 is 14.8 Å². The molecule has 1 aliphatic rings. The van der Waals surface area contributed by atoms with Crippen LogP contribution in [0.5, 0.6) is 0 Å². The topological polar surface area (TPSA) is 47.6 Å². The largest absolute Gasteiger partial charge is 0.350 e. The molecule has 1 N–H and O–H groups in total. The highest BCUT2D eigenvalue weighted by atomic mass is 19.1. The van der Waals surface area contributed by atoms with E-state index < -0.39 is 24.4 Å². The van der Waals surface area contributed by atoms with Gasteiger partial charge in [-0.15, -0.1) is 26.3 Å². The van der Waals surface area contributed by atoms with Crippen molar-refractivity contribution in [3.63, 3.8) is 0 Å². The van der Waals surface area contributed by atoms with Crippen molar-refractivity contribution in [2.75, 3.05) is 6.61 Å². The summed E-state index contributed by atoms with van der Waals surface area (Å²) in [5, 5.41) is 2.56. The molecule has 7 atom stereocenters. The van der Waals surface area contributed by atoms with Crippen LogP contribution in [0.3, 0.4) is 0 Å². The maximum absolute atomic E-state index is 14.8. The standard InChI is InChI=1S/C45H32FNO3.24H2/c1-7-13-14-15-16-17-18-19-20-21-22-23-24-25-26-27-28-29-30-31-32-33-34-36-44(48)47-42(41(46)12-6)37-49-45-40(11-5)38(9-3)39(10-4)43(50-45)35-8-2;;;;;;;;;;;;;;;;;;;;;;;;/h8-11,38-43,45H,2-5,12,35,37H2,1,6H3,(H,47,48);24*1H/t38?,39-,40+,41-,42+,43?,45+;;;;;;;;;;;;;;;;;;;;;;;;/m1......................../s1. The first-order valence-corrected chi connectivity index (χ1v) is 15.1. The average molecular weight is 702 g/mol. The monoisotopic (exact) mass is 702 g/mol. The number of halogens is 1. The van der Waals surface area contributed by atoms with E-state index in [1.807, 2.05) is 12.2 Å². The zero-order valence-corrected chi connectivity index (χ0v) is 27.9. The Balaban J connectivity index is -0.0000000473. The predicted molar refractivity (Wildman–Crippen MR) is 247 cm³/mol. The lowest BCUT2D eigenvalue weighted by molar-refractivity contribution is -0.236. The molecule has 0 bridgehead atoms. The van der Waals surface area contributed by atoms with E-state index in [2.05, 4.69) is 174 Å². The number of carbonyl (C=O) groups is 1. The van der Waals surface area contributed by atoms with Gasteiger partial charge in [0.15, 0.2) is 6.29 Å². The maximum Gasteiger partial charge on any atom is 0.297 e. The Morgan fingerprint density at radius 2 is 1.14 bits per heavy atom. The lowest BCUT2D eigenvalue weighted by atomic mass is 9.75. The molecule has 0 radical (unpaired) electrons. The number of alkyl halides is 1. The molecule has 1 amide bonds. The minimum absolute atomic E-state index is 0. The summed E-state index contributed by atoms with van der Waals surface area (Å²) < 4.78 is 27.0. The molecular formula is C45H80FNO3. The van der Waals surface area contributed by atoms with Gasteiger partial charge in [-0.1, -0.05) is 37.1 Å². The van der Waals surface area contributed by atoms with Crippen molar-refractivity contribution in [3.8, 4) is 142 Å². The van der Waals surface area contributed by atoms with Crippen molar-refractivity contribution in [2.45, 2.75) is 51.3 Å². The molecule has 0 spiro atoms. The van der Waals surface area contributed by atoms with Gasteiger partial charge in [-0.05, 0) is 120 Å². The summed E-state index contributed by atoms with van der Waals surface area (Å²) in [5.41, 5.74) is 0. The maximum atomic E-state index is 14.8. The van der Waals surface area contributed by atoms with Gasteiger partial charge in [-0.25, -0.2) is 4.39 Å². The van der Waals surface area contributed by atoms with E-state index in [1.54, 1.807) is 26.0 Å². The van der Waals surface area contributed by atoms with E-state index in [1.165, 1.54) is 0 Å². The van der Waals surface area contributed by atoms with E-state index in [0.29, 0.717) is 6.42 Å². The normalized spacial score (nSPS) is 17.9. The molecule has 0 aliphatic carbocycles. The Bertz CT molecular complexity index is 2140. The molecule has 0 aromatic rings. The van der Waals surface area contributed by atoms with Crippen molar-refractivity contribution in [2.24, 2.45) is 17.8 Å². The summed E-state index contributed by atoms with van der Waals surface area (Å²) >= 11 is 0. The second-order valence-electron chi connectivity index (χ2n) is 9.47. The number of ether oxygens (including phenoxy) is 2. The number of allylic oxidation sites excluding steroid dienone is 1. The SMILES string of the molecule is C=CCC1O[C@H](OC[C@H](NC(=O)C#CC#CC#CC#CC#CC#CC#CC#CC#CC#CC#CC#CC)[C@H](F)CC)[C@@H](C=C)C(C=C)[C@H]1C=C.[HH].[HH].[HH].[HH].[HH].[HH].[HH].[HH].[HH].[HH].[HH].[HH].[HH].[HH].[HH].[HH].[HH].[HH].[HH].[HH].[HH].[HH].[HH].[HH]. The minimum atomic E-state index is -1.38. The van der Waals surface area contributed by atoms with Gasteiger partial charge in [0.25, 0.3) is 5.91 Å². The molecule has 0 aromatic carbocycles. The van der Waals surface area contributed by atoms with Crippen LogP contribution in [0.15, 0.2) is 50.6 Å². The lowest BCUT2D eigenvalue weighted by Crippen LogP contribution is -2.50. The van der Waals surface area contributed by atoms with E-state index in [9.17, 15) is 9.18 Å². The van der Waals surface area contributed by atoms with Crippen LogP contribution in [0.4, 0.5) is 4.39 Å². The minimum Gasteiger partial charge on any atom is -0.350 e. The van der Waals surface area contributed by atoms with Crippen LogP contribution < -0.4 is 5.32 Å². The zero-order valence-electron chi connectivity index (χ0n) is 27.9. The molecule has 290 valence electrons. The van der Waals surface area contributed by atoms with Gasteiger partial charge in [0.05, 0.1) is 18.8 Å². The first-order valence-electron chi connectivity index (χ1n) is 15.1. The summed E-state index contributed by atoms with van der Waals surface area (Å²) in [6.07, 6.45) is 5.52. The first-order chi connectivity index (χ1) is 24.5. The highest BCUT2D eigenvalue weighted by Crippen LogP contribution is 2.39. The Labute approximate surface area is 333 Å². The Hall–Kier alpha value is -7.00. The fourth-order valence-corrected chi connectivity index (χ4v) is 4.16. The summed E-state index contributed by atoms with van der Waals surface area (Å²) in [4.78, 5) is 12.4. The van der Waals surface area contributed by atoms with Gasteiger partial charge >= 0.3 is 0 Å². The van der Waals surface area contributed by atoms with Crippen LogP contribution in [0, 0.1) is 160 Å². The number of hydrogen-bond acceptors (Lipinski definition) is 3. The Morgan fingerprint density at radius 3 is 1.52 bits per heavy atom.